The molecule has 0 aromatic carbocycles. The summed E-state index contributed by atoms with van der Waals surface area (Å²) in [5.74, 6) is -0.339. The van der Waals surface area contributed by atoms with Crippen LogP contribution in [0.25, 0.3) is 10.3 Å². The van der Waals surface area contributed by atoms with Crippen molar-refractivity contribution >= 4 is 45.4 Å². The second-order valence-corrected chi connectivity index (χ2v) is 7.15. The van der Waals surface area contributed by atoms with Crippen molar-refractivity contribution in [1.82, 2.24) is 30.0 Å². The summed E-state index contributed by atoms with van der Waals surface area (Å²) in [6.45, 7) is 0.127. The maximum Gasteiger partial charge on any atom is 0.269 e. The van der Waals surface area contributed by atoms with Crippen molar-refractivity contribution in [3.63, 3.8) is 0 Å². The molecule has 4 aromatic rings. The molecular weight excluding hydrogens is 390 g/mol. The van der Waals surface area contributed by atoms with Gasteiger partial charge in [0.05, 0.1) is 16.9 Å². The molecule has 4 rings (SSSR count). The number of rotatable bonds is 6. The fourth-order valence-electron chi connectivity index (χ4n) is 2.80. The Labute approximate surface area is 161 Å². The molecule has 11 heteroatoms. The molecule has 0 saturated carbocycles. The zero-order valence-electron chi connectivity index (χ0n) is 14.1. The fraction of sp³-hybridized carbons (Fsp3) is 0.188. The predicted molar refractivity (Wildman–Crippen MR) is 101 cm³/mol. The number of nitrogens with zero attached hydrogens (tertiary/aromatic N) is 4. The molecule has 9 nitrogen and oxygen atoms in total. The van der Waals surface area contributed by atoms with Gasteiger partial charge in [-0.1, -0.05) is 0 Å². The number of carbonyl (C=O) groups is 1. The first kappa shape index (κ1) is 17.4. The van der Waals surface area contributed by atoms with Gasteiger partial charge >= 0.3 is 0 Å². The average molecular weight is 404 g/mol. The molecule has 0 aliphatic rings. The lowest BCUT2D eigenvalue weighted by molar-refractivity contribution is 0.0942. The topological polar surface area (TPSA) is 125 Å². The third-order valence-electron chi connectivity index (χ3n) is 4.06. The number of amides is 1. The van der Waals surface area contributed by atoms with E-state index in [1.54, 1.807) is 17.8 Å². The molecule has 0 bridgehead atoms. The molecule has 0 unspecified atom stereocenters. The van der Waals surface area contributed by atoms with Crippen LogP contribution in [0.15, 0.2) is 23.1 Å². The minimum atomic E-state index is -0.339. The Morgan fingerprint density at radius 1 is 1.56 bits per heavy atom. The third kappa shape index (κ3) is 3.13. The van der Waals surface area contributed by atoms with Crippen molar-refractivity contribution in [2.45, 2.75) is 13.0 Å². The van der Waals surface area contributed by atoms with E-state index in [2.05, 4.69) is 25.5 Å². The van der Waals surface area contributed by atoms with Gasteiger partial charge in [0.15, 0.2) is 12.0 Å². The first-order valence-electron chi connectivity index (χ1n) is 7.91. The Kier molecular flexibility index (Phi) is 4.50. The minimum absolute atomic E-state index is 0.127. The van der Waals surface area contributed by atoms with Crippen LogP contribution >= 0.6 is 22.9 Å². The van der Waals surface area contributed by atoms with Gasteiger partial charge in [0.25, 0.3) is 5.91 Å². The van der Waals surface area contributed by atoms with Crippen molar-refractivity contribution in [2.24, 2.45) is 7.05 Å². The van der Waals surface area contributed by atoms with E-state index in [9.17, 15) is 4.79 Å². The van der Waals surface area contributed by atoms with Crippen LogP contribution < -0.4 is 5.32 Å². The van der Waals surface area contributed by atoms with Crippen molar-refractivity contribution in [2.75, 3.05) is 0 Å². The number of fused-ring (bicyclic) bond motifs is 1. The standard InChI is InChI=1S/C16H14ClN7O2S/c1-24-12(16(25)19-6-10-14(17)26-7-20-10)9(5-18)13-15(24)22-11(27-13)4-8-2-3-21-23-8/h2-3,5,7,18H,4,6H2,1H3,(H,19,25)(H,21,23). The first-order chi connectivity index (χ1) is 13.1. The summed E-state index contributed by atoms with van der Waals surface area (Å²) in [7, 11) is 1.76. The van der Waals surface area contributed by atoms with Crippen LogP contribution in [0.3, 0.4) is 0 Å². The monoisotopic (exact) mass is 403 g/mol. The lowest BCUT2D eigenvalue weighted by atomic mass is 10.2. The third-order valence-corrected chi connectivity index (χ3v) is 5.45. The summed E-state index contributed by atoms with van der Waals surface area (Å²) in [5.41, 5.74) is 2.88. The van der Waals surface area contributed by atoms with Gasteiger partial charge in [0.1, 0.15) is 16.4 Å². The lowest BCUT2D eigenvalue weighted by Gasteiger charge is -2.06. The number of oxazole rings is 1. The van der Waals surface area contributed by atoms with E-state index in [0.29, 0.717) is 29.0 Å². The summed E-state index contributed by atoms with van der Waals surface area (Å²) in [6, 6.07) is 1.89. The van der Waals surface area contributed by atoms with E-state index >= 15 is 0 Å². The Morgan fingerprint density at radius 2 is 2.41 bits per heavy atom. The molecule has 138 valence electrons. The van der Waals surface area contributed by atoms with E-state index in [1.807, 2.05) is 6.07 Å². The molecule has 27 heavy (non-hydrogen) atoms. The number of hydrogen-bond acceptors (Lipinski definition) is 7. The number of halogens is 1. The normalized spacial score (nSPS) is 11.2. The number of carbonyl (C=O) groups excluding carboxylic acids is 1. The first-order valence-corrected chi connectivity index (χ1v) is 9.11. The Morgan fingerprint density at radius 3 is 3.07 bits per heavy atom. The molecule has 0 aliphatic carbocycles. The van der Waals surface area contributed by atoms with Gasteiger partial charge in [-0.05, 0) is 17.7 Å². The summed E-state index contributed by atoms with van der Waals surface area (Å²) in [6.07, 6.45) is 4.74. The molecule has 0 radical (unpaired) electrons. The molecule has 0 atom stereocenters. The van der Waals surface area contributed by atoms with Crippen LogP contribution in [0.1, 0.15) is 32.4 Å². The molecule has 4 heterocycles. The van der Waals surface area contributed by atoms with Crippen LogP contribution in [-0.4, -0.2) is 36.9 Å². The second-order valence-electron chi connectivity index (χ2n) is 5.72. The smallest absolute Gasteiger partial charge is 0.269 e. The zero-order chi connectivity index (χ0) is 19.0. The quantitative estimate of drug-likeness (QED) is 0.426. The number of aromatic amines is 1. The SMILES string of the molecule is Cn1c(C(=O)NCc2ncoc2Cl)c(C=N)c2sc(Cc3cc[nH]n3)nc21. The highest BCUT2D eigenvalue weighted by Crippen LogP contribution is 2.30. The van der Waals surface area contributed by atoms with E-state index < -0.39 is 0 Å². The number of aryl methyl sites for hydroxylation is 1. The Hall–Kier alpha value is -2.98. The van der Waals surface area contributed by atoms with Gasteiger partial charge < -0.3 is 19.7 Å². The maximum absolute atomic E-state index is 12.7. The minimum Gasteiger partial charge on any atom is -0.432 e. The van der Waals surface area contributed by atoms with Crippen molar-refractivity contribution in [1.29, 1.82) is 5.41 Å². The van der Waals surface area contributed by atoms with Crippen LogP contribution in [-0.2, 0) is 20.0 Å². The Balaban J connectivity index is 1.63. The molecule has 4 aromatic heterocycles. The highest BCUT2D eigenvalue weighted by atomic mass is 35.5. The summed E-state index contributed by atoms with van der Waals surface area (Å²) >= 11 is 7.30. The second kappa shape index (κ2) is 6.97. The largest absolute Gasteiger partial charge is 0.432 e. The van der Waals surface area contributed by atoms with Gasteiger partial charge in [-0.15, -0.1) is 11.3 Å². The molecule has 1 amide bonds. The Bertz CT molecular complexity index is 1130. The summed E-state index contributed by atoms with van der Waals surface area (Å²) < 4.78 is 7.40. The molecule has 0 fully saturated rings. The summed E-state index contributed by atoms with van der Waals surface area (Å²) in [5, 5.41) is 18.4. The van der Waals surface area contributed by atoms with Crippen molar-refractivity contribution in [3.8, 4) is 0 Å². The van der Waals surface area contributed by atoms with Crippen LogP contribution in [0.4, 0.5) is 0 Å². The number of H-pyrrole nitrogens is 1. The molecule has 0 aliphatic heterocycles. The number of nitrogens with one attached hydrogen (secondary N) is 3. The molecule has 0 spiro atoms. The molecular formula is C16H14ClN7O2S. The summed E-state index contributed by atoms with van der Waals surface area (Å²) in [4.78, 5) is 21.2. The molecule has 3 N–H and O–H groups in total. The maximum atomic E-state index is 12.7. The number of thiazole rings is 1. The van der Waals surface area contributed by atoms with Gasteiger partial charge in [-0.2, -0.15) is 5.10 Å². The van der Waals surface area contributed by atoms with E-state index in [4.69, 9.17) is 21.4 Å². The van der Waals surface area contributed by atoms with E-state index in [-0.39, 0.29) is 17.7 Å². The van der Waals surface area contributed by atoms with Crippen LogP contribution in [0.5, 0.6) is 0 Å². The van der Waals surface area contributed by atoms with Gasteiger partial charge in [0, 0.05) is 31.4 Å². The zero-order valence-corrected chi connectivity index (χ0v) is 15.7. The number of hydrogen-bond donors (Lipinski definition) is 3. The van der Waals surface area contributed by atoms with Crippen LogP contribution in [0.2, 0.25) is 5.22 Å². The fourth-order valence-corrected chi connectivity index (χ4v) is 4.08. The molecule has 0 saturated heterocycles. The lowest BCUT2D eigenvalue weighted by Crippen LogP contribution is -2.26. The number of aromatic nitrogens is 5. The van der Waals surface area contributed by atoms with Crippen LogP contribution in [0, 0.1) is 5.41 Å². The predicted octanol–water partition coefficient (Wildman–Crippen LogP) is 2.52. The van der Waals surface area contributed by atoms with E-state index in [0.717, 1.165) is 15.4 Å². The van der Waals surface area contributed by atoms with Crippen molar-refractivity contribution < 1.29 is 9.21 Å². The van der Waals surface area contributed by atoms with Gasteiger partial charge in [-0.25, -0.2) is 9.97 Å². The highest BCUT2D eigenvalue weighted by Gasteiger charge is 2.23. The highest BCUT2D eigenvalue weighted by molar-refractivity contribution is 7.19. The average Bonchev–Trinajstić information content (AvgIpc) is 3.41. The van der Waals surface area contributed by atoms with Gasteiger partial charge in [0.2, 0.25) is 5.22 Å². The van der Waals surface area contributed by atoms with Gasteiger partial charge in [-0.3, -0.25) is 9.89 Å². The van der Waals surface area contributed by atoms with E-state index in [1.165, 1.54) is 23.9 Å². The van der Waals surface area contributed by atoms with Crippen molar-refractivity contribution in [3.05, 3.63) is 51.5 Å².